The molecule has 0 saturated carbocycles. The van der Waals surface area contributed by atoms with Crippen molar-refractivity contribution in [1.29, 1.82) is 0 Å². The number of nitrogens with one attached hydrogen (secondary N) is 2. The summed E-state index contributed by atoms with van der Waals surface area (Å²) in [4.78, 5) is 39.6. The quantitative estimate of drug-likeness (QED) is 0.311. The summed E-state index contributed by atoms with van der Waals surface area (Å²) in [6, 6.07) is 13.2. The molecule has 33 heavy (non-hydrogen) atoms. The van der Waals surface area contributed by atoms with Gasteiger partial charge < -0.3 is 15.4 Å². The molecule has 0 unspecified atom stereocenters. The maximum absolute atomic E-state index is 12.9. The molecule has 0 fully saturated rings. The number of hydrogen-bond donors (Lipinski definition) is 3. The lowest BCUT2D eigenvalue weighted by atomic mass is 10.0. The SMILES string of the molecule is Cc1cc(C(=O)Nc2ccc(C(=O)c3ccc4c(C=O)c(O)[nH]c4c3)cc2)n(C(C)(C)C)n1. The Morgan fingerprint density at radius 3 is 2.36 bits per heavy atom. The lowest BCUT2D eigenvalue weighted by molar-refractivity contribution is 0.100. The molecule has 0 aliphatic rings. The molecule has 168 valence electrons. The first-order valence-corrected chi connectivity index (χ1v) is 10.4. The van der Waals surface area contributed by atoms with Crippen LogP contribution in [0.2, 0.25) is 0 Å². The van der Waals surface area contributed by atoms with E-state index in [9.17, 15) is 19.5 Å². The zero-order chi connectivity index (χ0) is 23.9. The first kappa shape index (κ1) is 22.0. The number of benzene rings is 2. The number of aryl methyl sites for hydroxylation is 1. The van der Waals surface area contributed by atoms with Crippen LogP contribution in [0.15, 0.2) is 48.5 Å². The molecular formula is C25H24N4O4. The Hall–Kier alpha value is -4.20. The predicted octanol–water partition coefficient (Wildman–Crippen LogP) is 4.43. The largest absolute Gasteiger partial charge is 0.494 e. The van der Waals surface area contributed by atoms with Crippen LogP contribution in [0, 0.1) is 6.92 Å². The first-order chi connectivity index (χ1) is 15.6. The highest BCUT2D eigenvalue weighted by Crippen LogP contribution is 2.27. The third-order valence-electron chi connectivity index (χ3n) is 5.30. The van der Waals surface area contributed by atoms with Crippen molar-refractivity contribution >= 4 is 34.6 Å². The van der Waals surface area contributed by atoms with Gasteiger partial charge in [0.05, 0.1) is 16.8 Å². The van der Waals surface area contributed by atoms with E-state index in [0.717, 1.165) is 5.69 Å². The normalized spacial score (nSPS) is 11.5. The second-order valence-corrected chi connectivity index (χ2v) is 8.88. The Bertz CT molecular complexity index is 1390. The molecule has 2 aromatic carbocycles. The van der Waals surface area contributed by atoms with Gasteiger partial charge in [0, 0.05) is 27.7 Å². The monoisotopic (exact) mass is 444 g/mol. The number of nitrogens with zero attached hydrogens (tertiary/aromatic N) is 2. The number of rotatable bonds is 5. The van der Waals surface area contributed by atoms with Gasteiger partial charge in [-0.2, -0.15) is 5.10 Å². The van der Waals surface area contributed by atoms with Crippen molar-refractivity contribution in [3.63, 3.8) is 0 Å². The van der Waals surface area contributed by atoms with Crippen LogP contribution in [0.3, 0.4) is 0 Å². The number of carbonyl (C=O) groups excluding carboxylic acids is 3. The Labute approximate surface area is 190 Å². The van der Waals surface area contributed by atoms with E-state index < -0.39 is 0 Å². The first-order valence-electron chi connectivity index (χ1n) is 10.4. The smallest absolute Gasteiger partial charge is 0.273 e. The zero-order valence-electron chi connectivity index (χ0n) is 18.8. The summed E-state index contributed by atoms with van der Waals surface area (Å²) in [5, 5.41) is 17.6. The Morgan fingerprint density at radius 2 is 1.73 bits per heavy atom. The molecule has 0 bridgehead atoms. The molecule has 0 atom stereocenters. The number of aromatic hydroxyl groups is 1. The molecule has 0 spiro atoms. The van der Waals surface area contributed by atoms with E-state index in [2.05, 4.69) is 15.4 Å². The molecule has 0 aliphatic carbocycles. The van der Waals surface area contributed by atoms with E-state index in [4.69, 9.17) is 0 Å². The van der Waals surface area contributed by atoms with Crippen LogP contribution in [0.5, 0.6) is 5.88 Å². The highest BCUT2D eigenvalue weighted by Gasteiger charge is 2.23. The highest BCUT2D eigenvalue weighted by molar-refractivity contribution is 6.12. The van der Waals surface area contributed by atoms with E-state index in [1.165, 1.54) is 0 Å². The molecular weight excluding hydrogens is 420 g/mol. The van der Waals surface area contributed by atoms with Gasteiger partial charge in [-0.1, -0.05) is 12.1 Å². The van der Waals surface area contributed by atoms with E-state index >= 15 is 0 Å². The number of aromatic amines is 1. The van der Waals surface area contributed by atoms with Crippen LogP contribution in [0.25, 0.3) is 10.9 Å². The minimum absolute atomic E-state index is 0.159. The summed E-state index contributed by atoms with van der Waals surface area (Å²) in [6.45, 7) is 7.76. The Balaban J connectivity index is 1.54. The highest BCUT2D eigenvalue weighted by atomic mass is 16.3. The number of ketones is 1. The van der Waals surface area contributed by atoms with Crippen molar-refractivity contribution in [1.82, 2.24) is 14.8 Å². The van der Waals surface area contributed by atoms with Gasteiger partial charge in [-0.3, -0.25) is 19.1 Å². The van der Waals surface area contributed by atoms with Gasteiger partial charge in [0.1, 0.15) is 5.69 Å². The van der Waals surface area contributed by atoms with Crippen LogP contribution in [-0.2, 0) is 5.54 Å². The standard InChI is InChI=1S/C25H24N4O4/c1-14-11-21(29(28-14)25(2,3)4)24(33)26-17-8-5-15(6-9-17)22(31)16-7-10-18-19(13-30)23(32)27-20(18)12-16/h5-13,27,32H,1-4H3,(H,26,33). The topological polar surface area (TPSA) is 117 Å². The Morgan fingerprint density at radius 1 is 1.06 bits per heavy atom. The van der Waals surface area contributed by atoms with Crippen molar-refractivity contribution in [2.45, 2.75) is 33.2 Å². The van der Waals surface area contributed by atoms with Gasteiger partial charge in [-0.25, -0.2) is 0 Å². The van der Waals surface area contributed by atoms with E-state index in [1.54, 1.807) is 53.2 Å². The molecule has 2 heterocycles. The number of amides is 1. The van der Waals surface area contributed by atoms with Crippen LogP contribution in [-0.4, -0.2) is 37.8 Å². The summed E-state index contributed by atoms with van der Waals surface area (Å²) >= 11 is 0. The van der Waals surface area contributed by atoms with Gasteiger partial charge in [0.15, 0.2) is 17.9 Å². The van der Waals surface area contributed by atoms with Gasteiger partial charge in [-0.15, -0.1) is 0 Å². The van der Waals surface area contributed by atoms with Gasteiger partial charge in [0.2, 0.25) is 0 Å². The minimum atomic E-state index is -0.347. The van der Waals surface area contributed by atoms with Crippen molar-refractivity contribution in [2.24, 2.45) is 0 Å². The summed E-state index contributed by atoms with van der Waals surface area (Å²) in [6.07, 6.45) is 0.568. The van der Waals surface area contributed by atoms with Crippen LogP contribution in [0.4, 0.5) is 5.69 Å². The van der Waals surface area contributed by atoms with Gasteiger partial charge >= 0.3 is 0 Å². The van der Waals surface area contributed by atoms with Crippen molar-refractivity contribution in [2.75, 3.05) is 5.32 Å². The van der Waals surface area contributed by atoms with Gasteiger partial charge in [-0.05, 0) is 64.1 Å². The van der Waals surface area contributed by atoms with E-state index in [0.29, 0.717) is 39.7 Å². The number of hydrogen-bond acceptors (Lipinski definition) is 5. The summed E-state index contributed by atoms with van der Waals surface area (Å²) < 4.78 is 1.69. The molecule has 4 aromatic rings. The second-order valence-electron chi connectivity index (χ2n) is 8.88. The van der Waals surface area contributed by atoms with Gasteiger partial charge in [0.25, 0.3) is 5.91 Å². The fraction of sp³-hybridized carbons (Fsp3) is 0.200. The average Bonchev–Trinajstić information content (AvgIpc) is 3.32. The minimum Gasteiger partial charge on any atom is -0.494 e. The molecule has 8 nitrogen and oxygen atoms in total. The molecule has 1 amide bonds. The number of anilines is 1. The number of H-pyrrole nitrogens is 1. The van der Waals surface area contributed by atoms with Crippen molar-refractivity contribution in [3.05, 3.63) is 76.6 Å². The molecule has 4 rings (SSSR count). The molecule has 3 N–H and O–H groups in total. The molecule has 0 radical (unpaired) electrons. The average molecular weight is 444 g/mol. The lowest BCUT2D eigenvalue weighted by Crippen LogP contribution is -2.29. The summed E-state index contributed by atoms with van der Waals surface area (Å²) in [5.74, 6) is -0.738. The maximum atomic E-state index is 12.9. The number of carbonyl (C=O) groups is 3. The second kappa shape index (κ2) is 8.05. The van der Waals surface area contributed by atoms with E-state index in [-0.39, 0.29) is 28.7 Å². The maximum Gasteiger partial charge on any atom is 0.273 e. The van der Waals surface area contributed by atoms with Crippen LogP contribution < -0.4 is 5.32 Å². The molecule has 2 aromatic heterocycles. The Kier molecular flexibility index (Phi) is 5.37. The molecule has 0 saturated heterocycles. The summed E-state index contributed by atoms with van der Waals surface area (Å²) in [7, 11) is 0. The third kappa shape index (κ3) is 4.15. The third-order valence-corrected chi connectivity index (χ3v) is 5.30. The number of aldehydes is 1. The van der Waals surface area contributed by atoms with Crippen LogP contribution >= 0.6 is 0 Å². The van der Waals surface area contributed by atoms with Crippen molar-refractivity contribution < 1.29 is 19.5 Å². The summed E-state index contributed by atoms with van der Waals surface area (Å²) in [5.41, 5.74) is 2.91. The fourth-order valence-electron chi connectivity index (χ4n) is 3.70. The predicted molar refractivity (Wildman–Crippen MR) is 125 cm³/mol. The number of aromatic nitrogens is 3. The lowest BCUT2D eigenvalue weighted by Gasteiger charge is -2.22. The fourth-order valence-corrected chi connectivity index (χ4v) is 3.70. The molecule has 8 heteroatoms. The zero-order valence-corrected chi connectivity index (χ0v) is 18.8. The molecule has 0 aliphatic heterocycles. The van der Waals surface area contributed by atoms with Crippen LogP contribution in [0.1, 0.15) is 63.2 Å². The van der Waals surface area contributed by atoms with Crippen molar-refractivity contribution in [3.8, 4) is 5.88 Å². The number of fused-ring (bicyclic) bond motifs is 1. The van der Waals surface area contributed by atoms with E-state index in [1.807, 2.05) is 27.7 Å².